The third-order valence-corrected chi connectivity index (χ3v) is 6.46. The van der Waals surface area contributed by atoms with E-state index in [2.05, 4.69) is 14.5 Å². The molecule has 1 amide bonds. The summed E-state index contributed by atoms with van der Waals surface area (Å²) in [4.78, 5) is 14.6. The molecule has 0 radical (unpaired) electrons. The summed E-state index contributed by atoms with van der Waals surface area (Å²) in [7, 11) is -3.70. The summed E-state index contributed by atoms with van der Waals surface area (Å²) in [5.41, 5.74) is 0.925. The van der Waals surface area contributed by atoms with Gasteiger partial charge in [0.15, 0.2) is 5.84 Å². The first-order valence-electron chi connectivity index (χ1n) is 9.48. The third kappa shape index (κ3) is 4.66. The molecule has 1 N–H and O–H groups in total. The van der Waals surface area contributed by atoms with E-state index in [0.29, 0.717) is 43.0 Å². The van der Waals surface area contributed by atoms with Crippen molar-refractivity contribution in [3.8, 4) is 5.75 Å². The van der Waals surface area contributed by atoms with E-state index in [-0.39, 0.29) is 22.5 Å². The number of nitrogens with one attached hydrogen (secondary N) is 1. The lowest BCUT2D eigenvalue weighted by molar-refractivity contribution is -0.274. The quantitative estimate of drug-likeness (QED) is 0.770. The van der Waals surface area contributed by atoms with Crippen LogP contribution in [0.25, 0.3) is 0 Å². The Morgan fingerprint density at radius 1 is 1.06 bits per heavy atom. The number of piperidine rings is 1. The maximum Gasteiger partial charge on any atom is 0.573 e. The third-order valence-electron chi connectivity index (χ3n) is 5.13. The van der Waals surface area contributed by atoms with E-state index in [9.17, 15) is 26.4 Å². The molecule has 0 unspecified atom stereocenters. The second kappa shape index (κ2) is 7.88. The van der Waals surface area contributed by atoms with Crippen molar-refractivity contribution in [2.75, 3.05) is 18.4 Å². The highest BCUT2D eigenvalue weighted by atomic mass is 32.2. The lowest BCUT2D eigenvalue weighted by Gasteiger charge is -2.32. The summed E-state index contributed by atoms with van der Waals surface area (Å²) < 4.78 is 68.9. The zero-order valence-corrected chi connectivity index (χ0v) is 16.9. The molecule has 2 aromatic rings. The zero-order chi connectivity index (χ0) is 22.2. The first-order chi connectivity index (χ1) is 14.6. The Bertz CT molecular complexity index is 1120. The predicted octanol–water partition coefficient (Wildman–Crippen LogP) is 3.38. The number of nitrogens with zero attached hydrogens (tertiary/aromatic N) is 2. The highest BCUT2D eigenvalue weighted by Crippen LogP contribution is 2.30. The number of carbonyl (C=O) groups is 1. The number of hydrogen-bond donors (Lipinski definition) is 1. The molecule has 164 valence electrons. The average molecular weight is 453 g/mol. The molecule has 2 aliphatic rings. The van der Waals surface area contributed by atoms with Crippen LogP contribution in [0.4, 0.5) is 18.9 Å². The van der Waals surface area contributed by atoms with Gasteiger partial charge in [0.2, 0.25) is 5.91 Å². The summed E-state index contributed by atoms with van der Waals surface area (Å²) in [5, 5.41) is 2.69. The molecule has 2 heterocycles. The van der Waals surface area contributed by atoms with Crippen LogP contribution in [-0.4, -0.2) is 44.5 Å². The fourth-order valence-corrected chi connectivity index (χ4v) is 4.88. The van der Waals surface area contributed by atoms with Crippen LogP contribution in [0.5, 0.6) is 5.75 Å². The molecule has 2 aliphatic heterocycles. The number of ether oxygens (including phenoxy) is 1. The van der Waals surface area contributed by atoms with E-state index in [1.165, 1.54) is 18.2 Å². The van der Waals surface area contributed by atoms with Crippen molar-refractivity contribution in [2.24, 2.45) is 10.3 Å². The SMILES string of the molecule is O=C(Nc1ccc(OC(F)(F)F)cc1)C1CCN(C2=NS(=O)(=O)c3ccccc32)CC1. The summed E-state index contributed by atoms with van der Waals surface area (Å²) in [6.45, 7) is 0.915. The van der Waals surface area contributed by atoms with Crippen molar-refractivity contribution in [3.63, 3.8) is 0 Å². The number of amides is 1. The van der Waals surface area contributed by atoms with Gasteiger partial charge in [-0.2, -0.15) is 8.42 Å². The first kappa shape index (κ1) is 21.2. The number of amidine groups is 1. The molecule has 0 bridgehead atoms. The monoisotopic (exact) mass is 453 g/mol. The lowest BCUT2D eigenvalue weighted by Crippen LogP contribution is -2.41. The fraction of sp³-hybridized carbons (Fsp3) is 0.300. The van der Waals surface area contributed by atoms with E-state index in [1.54, 1.807) is 18.2 Å². The van der Waals surface area contributed by atoms with Gasteiger partial charge in [-0.3, -0.25) is 4.79 Å². The van der Waals surface area contributed by atoms with Gasteiger partial charge in [-0.15, -0.1) is 17.6 Å². The van der Waals surface area contributed by atoms with Gasteiger partial charge in [-0.1, -0.05) is 12.1 Å². The Morgan fingerprint density at radius 2 is 1.71 bits per heavy atom. The number of benzene rings is 2. The van der Waals surface area contributed by atoms with E-state index in [1.807, 2.05) is 4.90 Å². The van der Waals surface area contributed by atoms with Crippen molar-refractivity contribution in [3.05, 3.63) is 54.1 Å². The van der Waals surface area contributed by atoms with E-state index in [0.717, 1.165) is 12.1 Å². The molecule has 0 aliphatic carbocycles. The maximum absolute atomic E-state index is 12.5. The second-order valence-electron chi connectivity index (χ2n) is 7.21. The van der Waals surface area contributed by atoms with Crippen LogP contribution < -0.4 is 10.1 Å². The van der Waals surface area contributed by atoms with Gasteiger partial charge in [0, 0.05) is 30.3 Å². The molecule has 0 atom stereocenters. The van der Waals surface area contributed by atoms with Crippen molar-refractivity contribution < 1.29 is 31.1 Å². The fourth-order valence-electron chi connectivity index (χ4n) is 3.65. The van der Waals surface area contributed by atoms with Crippen molar-refractivity contribution in [2.45, 2.75) is 24.1 Å². The molecule has 1 saturated heterocycles. The summed E-state index contributed by atoms with van der Waals surface area (Å²) in [6, 6.07) is 11.6. The van der Waals surface area contributed by atoms with Crippen molar-refractivity contribution in [1.82, 2.24) is 4.90 Å². The van der Waals surface area contributed by atoms with Crippen LogP contribution in [0.2, 0.25) is 0 Å². The van der Waals surface area contributed by atoms with Gasteiger partial charge >= 0.3 is 6.36 Å². The van der Waals surface area contributed by atoms with Gasteiger partial charge < -0.3 is 15.0 Å². The minimum Gasteiger partial charge on any atom is -0.406 e. The Labute approximate surface area is 176 Å². The molecule has 2 aromatic carbocycles. The molecule has 4 rings (SSSR count). The van der Waals surface area contributed by atoms with Crippen LogP contribution in [0, 0.1) is 5.92 Å². The lowest BCUT2D eigenvalue weighted by atomic mass is 9.95. The molecule has 11 heteroatoms. The van der Waals surface area contributed by atoms with E-state index >= 15 is 0 Å². The average Bonchev–Trinajstić information content (AvgIpc) is 3.00. The van der Waals surface area contributed by atoms with Crippen LogP contribution in [-0.2, 0) is 14.8 Å². The zero-order valence-electron chi connectivity index (χ0n) is 16.1. The summed E-state index contributed by atoms with van der Waals surface area (Å²) in [6.07, 6.45) is -3.80. The number of rotatable bonds is 3. The first-order valence-corrected chi connectivity index (χ1v) is 10.9. The number of sulfonamides is 1. The molecule has 7 nitrogen and oxygen atoms in total. The molecular weight excluding hydrogens is 435 g/mol. The van der Waals surface area contributed by atoms with Crippen molar-refractivity contribution >= 4 is 27.5 Å². The molecule has 0 aromatic heterocycles. The number of carbonyl (C=O) groups excluding carboxylic acids is 1. The minimum atomic E-state index is -4.78. The Balaban J connectivity index is 1.36. The maximum atomic E-state index is 12.5. The minimum absolute atomic E-state index is 0.183. The number of likely N-dealkylation sites (tertiary alicyclic amines) is 1. The molecule has 0 saturated carbocycles. The highest BCUT2D eigenvalue weighted by Gasteiger charge is 2.34. The van der Waals surface area contributed by atoms with Gasteiger partial charge in [0.25, 0.3) is 10.0 Å². The number of hydrogen-bond acceptors (Lipinski definition) is 5. The van der Waals surface area contributed by atoms with Crippen LogP contribution in [0.15, 0.2) is 57.8 Å². The van der Waals surface area contributed by atoms with E-state index < -0.39 is 16.4 Å². The number of fused-ring (bicyclic) bond motifs is 1. The standard InChI is InChI=1S/C20H18F3N3O4S/c21-20(22,23)30-15-7-5-14(6-8-15)24-19(27)13-9-11-26(12-10-13)18-16-3-1-2-4-17(16)31(28,29)25-18/h1-8,13H,9-12H2,(H,24,27). The van der Waals surface area contributed by atoms with Crippen LogP contribution >= 0.6 is 0 Å². The summed E-state index contributed by atoms with van der Waals surface area (Å²) >= 11 is 0. The Hall–Kier alpha value is -3.08. The molecular formula is C20H18F3N3O4S. The number of halogens is 3. The largest absolute Gasteiger partial charge is 0.573 e. The van der Waals surface area contributed by atoms with Crippen LogP contribution in [0.3, 0.4) is 0 Å². The number of anilines is 1. The second-order valence-corrected chi connectivity index (χ2v) is 8.78. The van der Waals surface area contributed by atoms with Gasteiger partial charge in [0.05, 0.1) is 0 Å². The molecule has 31 heavy (non-hydrogen) atoms. The topological polar surface area (TPSA) is 88.1 Å². The van der Waals surface area contributed by atoms with Gasteiger partial charge in [-0.25, -0.2) is 0 Å². The Morgan fingerprint density at radius 3 is 2.35 bits per heavy atom. The molecule has 1 fully saturated rings. The Kier molecular flexibility index (Phi) is 5.38. The summed E-state index contributed by atoms with van der Waals surface area (Å²) in [5.74, 6) is -0.525. The van der Waals surface area contributed by atoms with E-state index in [4.69, 9.17) is 0 Å². The number of alkyl halides is 3. The normalized spacial score (nSPS) is 18.3. The highest BCUT2D eigenvalue weighted by molar-refractivity contribution is 7.90. The van der Waals surface area contributed by atoms with Crippen LogP contribution in [0.1, 0.15) is 18.4 Å². The smallest absolute Gasteiger partial charge is 0.406 e. The van der Waals surface area contributed by atoms with Gasteiger partial charge in [0.1, 0.15) is 10.6 Å². The molecule has 0 spiro atoms. The van der Waals surface area contributed by atoms with Crippen molar-refractivity contribution in [1.29, 1.82) is 0 Å². The predicted molar refractivity (Wildman–Crippen MR) is 106 cm³/mol. The van der Waals surface area contributed by atoms with Gasteiger partial charge in [-0.05, 0) is 49.2 Å².